The van der Waals surface area contributed by atoms with Gasteiger partial charge in [0.05, 0.1) is 5.60 Å². The van der Waals surface area contributed by atoms with Gasteiger partial charge in [-0.15, -0.1) is 0 Å². The summed E-state index contributed by atoms with van der Waals surface area (Å²) < 4.78 is 6.17. The quantitative estimate of drug-likeness (QED) is 0.814. The van der Waals surface area contributed by atoms with Crippen LogP contribution >= 0.6 is 0 Å². The van der Waals surface area contributed by atoms with Gasteiger partial charge in [0.25, 0.3) is 0 Å². The molecule has 2 rings (SSSR count). The zero-order valence-corrected chi connectivity index (χ0v) is 11.8. The molecule has 1 saturated carbocycles. The number of hydrogen-bond donors (Lipinski definition) is 1. The van der Waals surface area contributed by atoms with Crippen LogP contribution in [0, 0.1) is 5.41 Å². The highest BCUT2D eigenvalue weighted by Crippen LogP contribution is 2.45. The van der Waals surface area contributed by atoms with Crippen molar-refractivity contribution in [3.05, 3.63) is 0 Å². The average Bonchev–Trinajstić information content (AvgIpc) is 2.32. The Bertz CT molecular complexity index is 239. The molecule has 1 spiro atoms. The summed E-state index contributed by atoms with van der Waals surface area (Å²) in [6, 6.07) is 0.699. The fourth-order valence-electron chi connectivity index (χ4n) is 3.28. The van der Waals surface area contributed by atoms with E-state index in [2.05, 4.69) is 26.1 Å². The van der Waals surface area contributed by atoms with Crippen LogP contribution in [0.25, 0.3) is 0 Å². The van der Waals surface area contributed by atoms with E-state index in [0.29, 0.717) is 11.5 Å². The van der Waals surface area contributed by atoms with E-state index in [1.165, 1.54) is 44.9 Å². The lowest BCUT2D eigenvalue weighted by atomic mass is 9.68. The first-order valence-corrected chi connectivity index (χ1v) is 7.43. The Labute approximate surface area is 107 Å². The average molecular weight is 239 g/mol. The second-order valence-electron chi connectivity index (χ2n) is 6.84. The Kier molecular flexibility index (Phi) is 4.14. The summed E-state index contributed by atoms with van der Waals surface area (Å²) in [5.74, 6) is 0. The summed E-state index contributed by atoms with van der Waals surface area (Å²) in [4.78, 5) is 0. The molecule has 2 fully saturated rings. The Morgan fingerprint density at radius 3 is 2.53 bits per heavy atom. The van der Waals surface area contributed by atoms with Gasteiger partial charge < -0.3 is 10.1 Å². The standard InChI is InChI=1S/C15H29NO/c1-4-10-16-13-5-11-17-15(12-13)8-6-14(2,3)7-9-15/h13,16H,4-12H2,1-3H3. The van der Waals surface area contributed by atoms with Gasteiger partial charge in [-0.2, -0.15) is 0 Å². The van der Waals surface area contributed by atoms with Crippen molar-refractivity contribution in [1.82, 2.24) is 5.32 Å². The summed E-state index contributed by atoms with van der Waals surface area (Å²) in [7, 11) is 0. The molecule has 0 aromatic rings. The minimum absolute atomic E-state index is 0.221. The summed E-state index contributed by atoms with van der Waals surface area (Å²) in [6.45, 7) is 9.16. The molecule has 1 aliphatic heterocycles. The fourth-order valence-corrected chi connectivity index (χ4v) is 3.28. The number of hydrogen-bond acceptors (Lipinski definition) is 2. The van der Waals surface area contributed by atoms with Gasteiger partial charge in [0.2, 0.25) is 0 Å². The van der Waals surface area contributed by atoms with Crippen molar-refractivity contribution in [2.24, 2.45) is 5.41 Å². The molecule has 1 heterocycles. The molecule has 0 radical (unpaired) electrons. The normalized spacial score (nSPS) is 31.6. The number of ether oxygens (including phenoxy) is 1. The lowest BCUT2D eigenvalue weighted by Gasteiger charge is -2.47. The molecular formula is C15H29NO. The molecular weight excluding hydrogens is 210 g/mol. The Morgan fingerprint density at radius 1 is 1.18 bits per heavy atom. The van der Waals surface area contributed by atoms with Gasteiger partial charge in [-0.25, -0.2) is 0 Å². The lowest BCUT2D eigenvalue weighted by Crippen LogP contribution is -2.49. The molecule has 1 unspecified atom stereocenters. The maximum atomic E-state index is 6.17. The summed E-state index contributed by atoms with van der Waals surface area (Å²) in [5, 5.41) is 3.68. The third-order valence-electron chi connectivity index (χ3n) is 4.69. The minimum Gasteiger partial charge on any atom is -0.375 e. The van der Waals surface area contributed by atoms with Crippen molar-refractivity contribution in [3.63, 3.8) is 0 Å². The third-order valence-corrected chi connectivity index (χ3v) is 4.69. The van der Waals surface area contributed by atoms with E-state index in [9.17, 15) is 0 Å². The Hall–Kier alpha value is -0.0800. The van der Waals surface area contributed by atoms with Crippen molar-refractivity contribution in [1.29, 1.82) is 0 Å². The maximum Gasteiger partial charge on any atom is 0.0697 e. The van der Waals surface area contributed by atoms with Crippen LogP contribution in [0.2, 0.25) is 0 Å². The van der Waals surface area contributed by atoms with Crippen LogP contribution in [0.5, 0.6) is 0 Å². The monoisotopic (exact) mass is 239 g/mol. The van der Waals surface area contributed by atoms with Crippen molar-refractivity contribution >= 4 is 0 Å². The van der Waals surface area contributed by atoms with Gasteiger partial charge in [-0.05, 0) is 56.9 Å². The first-order chi connectivity index (χ1) is 8.05. The topological polar surface area (TPSA) is 21.3 Å². The van der Waals surface area contributed by atoms with Crippen molar-refractivity contribution in [2.75, 3.05) is 13.2 Å². The Balaban J connectivity index is 1.88. The molecule has 0 aromatic heterocycles. The summed E-state index contributed by atoms with van der Waals surface area (Å²) >= 11 is 0. The predicted molar refractivity (Wildman–Crippen MR) is 72.2 cm³/mol. The molecule has 2 nitrogen and oxygen atoms in total. The molecule has 2 heteroatoms. The van der Waals surface area contributed by atoms with Crippen LogP contribution in [-0.2, 0) is 4.74 Å². The molecule has 1 saturated heterocycles. The molecule has 1 atom stereocenters. The van der Waals surface area contributed by atoms with Gasteiger partial charge in [-0.1, -0.05) is 20.8 Å². The fraction of sp³-hybridized carbons (Fsp3) is 1.00. The van der Waals surface area contributed by atoms with Gasteiger partial charge in [0.1, 0.15) is 0 Å². The lowest BCUT2D eigenvalue weighted by molar-refractivity contribution is -0.123. The van der Waals surface area contributed by atoms with Crippen molar-refractivity contribution < 1.29 is 4.74 Å². The van der Waals surface area contributed by atoms with Gasteiger partial charge in [-0.3, -0.25) is 0 Å². The summed E-state index contributed by atoms with van der Waals surface area (Å²) in [5.41, 5.74) is 0.761. The number of rotatable bonds is 3. The molecule has 1 N–H and O–H groups in total. The smallest absolute Gasteiger partial charge is 0.0697 e. The van der Waals surface area contributed by atoms with E-state index >= 15 is 0 Å². The molecule has 100 valence electrons. The van der Waals surface area contributed by atoms with E-state index in [0.717, 1.165) is 13.2 Å². The van der Waals surface area contributed by atoms with Gasteiger partial charge in [0.15, 0.2) is 0 Å². The summed E-state index contributed by atoms with van der Waals surface area (Å²) in [6.07, 6.45) is 8.86. The predicted octanol–water partition coefficient (Wildman–Crippen LogP) is 3.50. The van der Waals surface area contributed by atoms with E-state index in [4.69, 9.17) is 4.74 Å². The first-order valence-electron chi connectivity index (χ1n) is 7.43. The minimum atomic E-state index is 0.221. The molecule has 2 aliphatic rings. The second-order valence-corrected chi connectivity index (χ2v) is 6.84. The highest BCUT2D eigenvalue weighted by molar-refractivity contribution is 4.95. The van der Waals surface area contributed by atoms with Crippen LogP contribution in [0.4, 0.5) is 0 Å². The van der Waals surface area contributed by atoms with Crippen LogP contribution in [0.3, 0.4) is 0 Å². The highest BCUT2D eigenvalue weighted by atomic mass is 16.5. The van der Waals surface area contributed by atoms with E-state index in [1.54, 1.807) is 0 Å². The zero-order valence-electron chi connectivity index (χ0n) is 11.8. The van der Waals surface area contributed by atoms with Crippen LogP contribution in [0.1, 0.15) is 65.7 Å². The van der Waals surface area contributed by atoms with Crippen LogP contribution in [-0.4, -0.2) is 24.8 Å². The molecule has 0 bridgehead atoms. The van der Waals surface area contributed by atoms with Crippen LogP contribution in [0.15, 0.2) is 0 Å². The second kappa shape index (κ2) is 5.27. The van der Waals surface area contributed by atoms with E-state index in [1.807, 2.05) is 0 Å². The SMILES string of the molecule is CCCNC1CCOC2(CCC(C)(C)CC2)C1. The zero-order chi connectivity index (χ0) is 12.4. The van der Waals surface area contributed by atoms with Gasteiger partial charge >= 0.3 is 0 Å². The molecule has 0 amide bonds. The van der Waals surface area contributed by atoms with Gasteiger partial charge in [0, 0.05) is 12.6 Å². The third kappa shape index (κ3) is 3.45. The number of nitrogens with one attached hydrogen (secondary N) is 1. The molecule has 17 heavy (non-hydrogen) atoms. The van der Waals surface area contributed by atoms with E-state index in [-0.39, 0.29) is 5.60 Å². The molecule has 1 aliphatic carbocycles. The van der Waals surface area contributed by atoms with Crippen molar-refractivity contribution in [3.8, 4) is 0 Å². The van der Waals surface area contributed by atoms with Crippen molar-refractivity contribution in [2.45, 2.75) is 77.4 Å². The largest absolute Gasteiger partial charge is 0.375 e. The highest BCUT2D eigenvalue weighted by Gasteiger charge is 2.42. The maximum absolute atomic E-state index is 6.17. The molecule has 0 aromatic carbocycles. The first kappa shape index (κ1) is 13.4. The van der Waals surface area contributed by atoms with Crippen LogP contribution < -0.4 is 5.32 Å². The Morgan fingerprint density at radius 2 is 1.88 bits per heavy atom. The van der Waals surface area contributed by atoms with E-state index < -0.39 is 0 Å².